The fourth-order valence-electron chi connectivity index (χ4n) is 4.48. The van der Waals surface area contributed by atoms with Gasteiger partial charge in [-0.2, -0.15) is 0 Å². The molecule has 0 spiro atoms. The molecular formula is C30H28N2O2S2. The van der Waals surface area contributed by atoms with E-state index in [0.29, 0.717) is 28.3 Å². The second kappa shape index (κ2) is 10.7. The monoisotopic (exact) mass is 512 g/mol. The number of fused-ring (bicyclic) bond motifs is 1. The highest BCUT2D eigenvalue weighted by atomic mass is 32.2. The molecule has 1 fully saturated rings. The maximum absolute atomic E-state index is 13.2. The summed E-state index contributed by atoms with van der Waals surface area (Å²) in [6.07, 6.45) is 5.13. The predicted octanol–water partition coefficient (Wildman–Crippen LogP) is 7.64. The standard InChI is InChI=1S/C30H28N2O2S2/c1-3-21(2)24-13-8-10-16-27(24)34-18-17-31-20-22(25-14-7-9-15-26(25)31)19-28-29(33)32(30(35)36-28)23-11-5-4-6-12-23/h4-16,19-21H,3,17-18H2,1-2H3/b28-19+/t21-/m1/s1. The first kappa shape index (κ1) is 24.3. The number of ether oxygens (including phenoxy) is 1. The van der Waals surface area contributed by atoms with E-state index in [-0.39, 0.29) is 5.91 Å². The zero-order valence-corrected chi connectivity index (χ0v) is 22.0. The van der Waals surface area contributed by atoms with Gasteiger partial charge < -0.3 is 9.30 Å². The zero-order valence-electron chi connectivity index (χ0n) is 20.4. The van der Waals surface area contributed by atoms with Crippen LogP contribution in [-0.4, -0.2) is 21.4 Å². The maximum atomic E-state index is 13.2. The number of rotatable bonds is 8. The van der Waals surface area contributed by atoms with Crippen LogP contribution in [0, 0.1) is 0 Å². The van der Waals surface area contributed by atoms with Crippen LogP contribution in [-0.2, 0) is 11.3 Å². The summed E-state index contributed by atoms with van der Waals surface area (Å²) in [4.78, 5) is 15.5. The van der Waals surface area contributed by atoms with E-state index < -0.39 is 0 Å². The zero-order chi connectivity index (χ0) is 25.1. The van der Waals surface area contributed by atoms with Crippen LogP contribution in [0.5, 0.6) is 5.75 Å². The molecule has 182 valence electrons. The van der Waals surface area contributed by atoms with Crippen molar-refractivity contribution in [3.05, 3.63) is 101 Å². The number of amides is 1. The van der Waals surface area contributed by atoms with Crippen LogP contribution in [0.1, 0.15) is 37.3 Å². The Kier molecular flexibility index (Phi) is 7.25. The Morgan fingerprint density at radius 3 is 2.53 bits per heavy atom. The summed E-state index contributed by atoms with van der Waals surface area (Å²) in [6.45, 7) is 5.69. The first-order valence-corrected chi connectivity index (χ1v) is 13.4. The predicted molar refractivity (Wildman–Crippen MR) is 155 cm³/mol. The van der Waals surface area contributed by atoms with Crippen molar-refractivity contribution in [1.82, 2.24) is 4.57 Å². The molecule has 3 aromatic carbocycles. The van der Waals surface area contributed by atoms with E-state index in [1.54, 1.807) is 4.90 Å². The maximum Gasteiger partial charge on any atom is 0.270 e. The average Bonchev–Trinajstić information content (AvgIpc) is 3.40. The number of carbonyl (C=O) groups excluding carboxylic acids is 1. The molecule has 36 heavy (non-hydrogen) atoms. The highest BCUT2D eigenvalue weighted by Gasteiger charge is 2.33. The van der Waals surface area contributed by atoms with Crippen LogP contribution < -0.4 is 9.64 Å². The van der Waals surface area contributed by atoms with Gasteiger partial charge in [-0.3, -0.25) is 9.69 Å². The second-order valence-corrected chi connectivity index (χ2v) is 10.5. The number of hydrogen-bond donors (Lipinski definition) is 0. The van der Waals surface area contributed by atoms with Crippen LogP contribution in [0.25, 0.3) is 17.0 Å². The van der Waals surface area contributed by atoms with Crippen LogP contribution in [0.15, 0.2) is 90.0 Å². The van der Waals surface area contributed by atoms with Gasteiger partial charge in [-0.15, -0.1) is 0 Å². The quantitative estimate of drug-likeness (QED) is 0.179. The molecule has 2 heterocycles. The Morgan fingerprint density at radius 1 is 1.00 bits per heavy atom. The molecule has 1 atom stereocenters. The van der Waals surface area contributed by atoms with E-state index in [0.717, 1.165) is 34.3 Å². The first-order valence-electron chi connectivity index (χ1n) is 12.2. The number of benzene rings is 3. The molecule has 4 nitrogen and oxygen atoms in total. The van der Waals surface area contributed by atoms with Gasteiger partial charge in [-0.1, -0.05) is 92.4 Å². The van der Waals surface area contributed by atoms with E-state index >= 15 is 0 Å². The summed E-state index contributed by atoms with van der Waals surface area (Å²) in [6, 6.07) is 26.1. The number of nitrogens with zero attached hydrogens (tertiary/aromatic N) is 2. The SMILES string of the molecule is CC[C@@H](C)c1ccccc1OCCn1cc(/C=C2/SC(=S)N(c3ccccc3)C2=O)c2ccccc21. The van der Waals surface area contributed by atoms with E-state index in [2.05, 4.69) is 54.9 Å². The summed E-state index contributed by atoms with van der Waals surface area (Å²) in [7, 11) is 0. The van der Waals surface area contributed by atoms with Gasteiger partial charge in [0.25, 0.3) is 5.91 Å². The number of aromatic nitrogens is 1. The molecule has 1 aromatic heterocycles. The lowest BCUT2D eigenvalue weighted by Crippen LogP contribution is -2.27. The lowest BCUT2D eigenvalue weighted by molar-refractivity contribution is -0.113. The molecule has 0 aliphatic carbocycles. The van der Waals surface area contributed by atoms with Crippen molar-refractivity contribution < 1.29 is 9.53 Å². The van der Waals surface area contributed by atoms with Crippen LogP contribution in [0.3, 0.4) is 0 Å². The third-order valence-electron chi connectivity index (χ3n) is 6.57. The van der Waals surface area contributed by atoms with E-state index in [1.807, 2.05) is 54.6 Å². The molecule has 0 radical (unpaired) electrons. The van der Waals surface area contributed by atoms with Gasteiger partial charge in [0.2, 0.25) is 0 Å². The minimum atomic E-state index is -0.0852. The van der Waals surface area contributed by atoms with E-state index in [4.69, 9.17) is 17.0 Å². The van der Waals surface area contributed by atoms with E-state index in [9.17, 15) is 4.79 Å². The summed E-state index contributed by atoms with van der Waals surface area (Å²) in [5.41, 5.74) is 4.15. The lowest BCUT2D eigenvalue weighted by atomic mass is 9.98. The van der Waals surface area contributed by atoms with Crippen LogP contribution in [0.4, 0.5) is 5.69 Å². The third kappa shape index (κ3) is 4.84. The van der Waals surface area contributed by atoms with Gasteiger partial charge in [0.1, 0.15) is 12.4 Å². The van der Waals surface area contributed by atoms with Crippen molar-refractivity contribution in [2.75, 3.05) is 11.5 Å². The Balaban J connectivity index is 1.38. The largest absolute Gasteiger partial charge is 0.491 e. The van der Waals surface area contributed by atoms with Crippen molar-refractivity contribution in [2.45, 2.75) is 32.7 Å². The molecule has 1 aliphatic heterocycles. The Morgan fingerprint density at radius 2 is 1.72 bits per heavy atom. The van der Waals surface area contributed by atoms with Gasteiger partial charge in [-0.25, -0.2) is 0 Å². The number of thioether (sulfide) groups is 1. The Bertz CT molecular complexity index is 1440. The van der Waals surface area contributed by atoms with Gasteiger partial charge in [-0.05, 0) is 48.2 Å². The molecule has 5 rings (SSSR count). The summed E-state index contributed by atoms with van der Waals surface area (Å²) >= 11 is 6.89. The number of carbonyl (C=O) groups is 1. The second-order valence-electron chi connectivity index (χ2n) is 8.84. The molecule has 0 saturated carbocycles. The topological polar surface area (TPSA) is 34.5 Å². The molecule has 0 N–H and O–H groups in total. The van der Waals surface area contributed by atoms with Gasteiger partial charge in [0.05, 0.1) is 17.1 Å². The van der Waals surface area contributed by atoms with Gasteiger partial charge >= 0.3 is 0 Å². The molecule has 0 unspecified atom stereocenters. The normalized spacial score (nSPS) is 15.7. The van der Waals surface area contributed by atoms with Gasteiger partial charge in [0.15, 0.2) is 4.32 Å². The molecule has 1 amide bonds. The highest BCUT2D eigenvalue weighted by molar-refractivity contribution is 8.27. The third-order valence-corrected chi connectivity index (χ3v) is 7.87. The fourth-order valence-corrected chi connectivity index (χ4v) is 5.77. The van der Waals surface area contributed by atoms with Crippen LogP contribution >= 0.6 is 24.0 Å². The van der Waals surface area contributed by atoms with Gasteiger partial charge in [0, 0.05) is 22.7 Å². The van der Waals surface area contributed by atoms with Crippen molar-refractivity contribution in [3.63, 3.8) is 0 Å². The van der Waals surface area contributed by atoms with Crippen molar-refractivity contribution >= 4 is 56.9 Å². The molecule has 4 aromatic rings. The lowest BCUT2D eigenvalue weighted by Gasteiger charge is -2.16. The summed E-state index contributed by atoms with van der Waals surface area (Å²) in [5.74, 6) is 1.32. The smallest absolute Gasteiger partial charge is 0.270 e. The minimum Gasteiger partial charge on any atom is -0.491 e. The fraction of sp³-hybridized carbons (Fsp3) is 0.200. The Hall–Kier alpha value is -3.35. The van der Waals surface area contributed by atoms with Crippen molar-refractivity contribution in [2.24, 2.45) is 0 Å². The number of anilines is 1. The molecule has 1 aliphatic rings. The molecule has 6 heteroatoms. The van der Waals surface area contributed by atoms with Crippen molar-refractivity contribution in [3.8, 4) is 5.75 Å². The number of hydrogen-bond acceptors (Lipinski definition) is 4. The number of thiocarbonyl (C=S) groups is 1. The first-order chi connectivity index (χ1) is 17.6. The van der Waals surface area contributed by atoms with Crippen LogP contribution in [0.2, 0.25) is 0 Å². The highest BCUT2D eigenvalue weighted by Crippen LogP contribution is 2.37. The van der Waals surface area contributed by atoms with Crippen molar-refractivity contribution in [1.29, 1.82) is 0 Å². The minimum absolute atomic E-state index is 0.0852. The molecule has 1 saturated heterocycles. The average molecular weight is 513 g/mol. The number of para-hydroxylation sites is 3. The van der Waals surface area contributed by atoms with E-state index in [1.165, 1.54) is 17.3 Å². The summed E-state index contributed by atoms with van der Waals surface area (Å²) < 4.78 is 8.98. The summed E-state index contributed by atoms with van der Waals surface area (Å²) in [5, 5.41) is 1.10. The molecular weight excluding hydrogens is 484 g/mol. The Labute approximate surface area is 221 Å². The molecule has 0 bridgehead atoms.